The smallest absolute Gasteiger partial charge is 0.327 e. The maximum absolute atomic E-state index is 11.8. The van der Waals surface area contributed by atoms with Crippen molar-refractivity contribution in [3.05, 3.63) is 30.0 Å². The molecule has 0 amide bonds. The first kappa shape index (κ1) is 14.4. The molecule has 1 aromatic heterocycles. The van der Waals surface area contributed by atoms with E-state index >= 15 is 0 Å². The monoisotopic (exact) mass is 276 g/mol. The van der Waals surface area contributed by atoms with Crippen molar-refractivity contribution < 1.29 is 14.6 Å². The summed E-state index contributed by atoms with van der Waals surface area (Å²) in [5, 5.41) is 10.4. The van der Waals surface area contributed by atoms with Gasteiger partial charge in [0.05, 0.1) is 6.61 Å². The van der Waals surface area contributed by atoms with Crippen molar-refractivity contribution in [2.45, 2.75) is 32.9 Å². The van der Waals surface area contributed by atoms with Crippen molar-refractivity contribution in [3.8, 4) is 5.75 Å². The van der Waals surface area contributed by atoms with Crippen LogP contribution in [0.4, 0.5) is 0 Å². The zero-order valence-electron chi connectivity index (χ0n) is 12.0. The van der Waals surface area contributed by atoms with Crippen molar-refractivity contribution in [3.63, 3.8) is 0 Å². The first-order chi connectivity index (χ1) is 9.45. The number of fused-ring (bicyclic) bond motifs is 1. The fraction of sp³-hybridized carbons (Fsp3) is 0.400. The number of carbonyl (C=O) groups is 1. The predicted octanol–water partition coefficient (Wildman–Crippen LogP) is 2.49. The SMILES string of the molecule is CCOC(=O)C(N)c1cn(C(C)C)c2ccc(O)cc12. The van der Waals surface area contributed by atoms with E-state index in [-0.39, 0.29) is 11.8 Å². The van der Waals surface area contributed by atoms with E-state index in [0.29, 0.717) is 12.2 Å². The molecule has 2 aromatic rings. The second-order valence-electron chi connectivity index (χ2n) is 5.02. The average molecular weight is 276 g/mol. The first-order valence-corrected chi connectivity index (χ1v) is 6.71. The van der Waals surface area contributed by atoms with Gasteiger partial charge in [-0.05, 0) is 39.0 Å². The lowest BCUT2D eigenvalue weighted by molar-refractivity contribution is -0.144. The number of hydrogen-bond acceptors (Lipinski definition) is 4. The van der Waals surface area contributed by atoms with Gasteiger partial charge in [0.1, 0.15) is 11.8 Å². The summed E-state index contributed by atoms with van der Waals surface area (Å²) in [6.07, 6.45) is 1.86. The Morgan fingerprint density at radius 3 is 2.75 bits per heavy atom. The summed E-state index contributed by atoms with van der Waals surface area (Å²) in [6.45, 7) is 6.13. The summed E-state index contributed by atoms with van der Waals surface area (Å²) < 4.78 is 7.00. The number of nitrogens with zero attached hydrogens (tertiary/aromatic N) is 1. The van der Waals surface area contributed by atoms with Crippen molar-refractivity contribution >= 4 is 16.9 Å². The highest BCUT2D eigenvalue weighted by Crippen LogP contribution is 2.31. The van der Waals surface area contributed by atoms with Crippen LogP contribution in [0.1, 0.15) is 38.4 Å². The Morgan fingerprint density at radius 2 is 2.15 bits per heavy atom. The zero-order valence-corrected chi connectivity index (χ0v) is 12.0. The lowest BCUT2D eigenvalue weighted by atomic mass is 10.1. The Kier molecular flexibility index (Phi) is 3.99. The van der Waals surface area contributed by atoms with E-state index < -0.39 is 12.0 Å². The number of esters is 1. The number of nitrogens with two attached hydrogens (primary N) is 1. The van der Waals surface area contributed by atoms with Gasteiger partial charge in [0, 0.05) is 28.7 Å². The normalized spacial score (nSPS) is 12.8. The van der Waals surface area contributed by atoms with Crippen molar-refractivity contribution in [2.24, 2.45) is 5.73 Å². The van der Waals surface area contributed by atoms with E-state index in [1.807, 2.05) is 30.7 Å². The summed E-state index contributed by atoms with van der Waals surface area (Å²) in [5.41, 5.74) is 7.59. The van der Waals surface area contributed by atoms with Gasteiger partial charge in [-0.25, -0.2) is 4.79 Å². The largest absolute Gasteiger partial charge is 0.508 e. The summed E-state index contributed by atoms with van der Waals surface area (Å²) in [5.74, 6) is -0.310. The number of phenolic OH excluding ortho intramolecular Hbond substituents is 1. The molecule has 2 rings (SSSR count). The Bertz CT molecular complexity index is 631. The third-order valence-corrected chi connectivity index (χ3v) is 3.28. The third kappa shape index (κ3) is 2.49. The number of benzene rings is 1. The Balaban J connectivity index is 2.57. The van der Waals surface area contributed by atoms with Gasteiger partial charge in [-0.1, -0.05) is 0 Å². The molecule has 0 saturated heterocycles. The van der Waals surface area contributed by atoms with E-state index in [1.54, 1.807) is 19.1 Å². The van der Waals surface area contributed by atoms with Gasteiger partial charge >= 0.3 is 5.97 Å². The van der Waals surface area contributed by atoms with E-state index in [2.05, 4.69) is 0 Å². The third-order valence-electron chi connectivity index (χ3n) is 3.28. The number of phenols is 1. The van der Waals surface area contributed by atoms with Crippen molar-refractivity contribution in [1.82, 2.24) is 4.57 Å². The number of rotatable bonds is 4. The van der Waals surface area contributed by atoms with Gasteiger partial charge in [-0.15, -0.1) is 0 Å². The molecular formula is C15H20N2O3. The molecular weight excluding hydrogens is 256 g/mol. The molecule has 1 unspecified atom stereocenters. The first-order valence-electron chi connectivity index (χ1n) is 6.71. The number of ether oxygens (including phenoxy) is 1. The molecule has 5 nitrogen and oxygen atoms in total. The minimum absolute atomic E-state index is 0.149. The van der Waals surface area contributed by atoms with Gasteiger partial charge in [0.25, 0.3) is 0 Å². The Morgan fingerprint density at radius 1 is 1.45 bits per heavy atom. The number of aromatic hydroxyl groups is 1. The molecule has 0 aliphatic carbocycles. The molecule has 0 radical (unpaired) electrons. The van der Waals surface area contributed by atoms with Crippen LogP contribution in [0.5, 0.6) is 5.75 Å². The van der Waals surface area contributed by atoms with Crippen LogP contribution in [0.25, 0.3) is 10.9 Å². The molecule has 0 aliphatic rings. The topological polar surface area (TPSA) is 77.5 Å². The minimum atomic E-state index is -0.848. The highest BCUT2D eigenvalue weighted by molar-refractivity contribution is 5.91. The van der Waals surface area contributed by atoms with E-state index in [0.717, 1.165) is 10.9 Å². The highest BCUT2D eigenvalue weighted by atomic mass is 16.5. The standard InChI is InChI=1S/C15H20N2O3/c1-4-20-15(19)14(16)12-8-17(9(2)3)13-6-5-10(18)7-11(12)13/h5-9,14,18H,4,16H2,1-3H3. The van der Waals surface area contributed by atoms with E-state index in [4.69, 9.17) is 10.5 Å². The second-order valence-corrected chi connectivity index (χ2v) is 5.02. The predicted molar refractivity (Wildman–Crippen MR) is 77.5 cm³/mol. The number of carbonyl (C=O) groups excluding carboxylic acids is 1. The molecule has 1 heterocycles. The molecule has 1 atom stereocenters. The van der Waals surface area contributed by atoms with Crippen LogP contribution in [0.2, 0.25) is 0 Å². The molecule has 0 saturated carbocycles. The van der Waals surface area contributed by atoms with Crippen LogP contribution in [0, 0.1) is 0 Å². The molecule has 0 aliphatic heterocycles. The molecule has 5 heteroatoms. The van der Waals surface area contributed by atoms with Gasteiger partial charge in [0.2, 0.25) is 0 Å². The quantitative estimate of drug-likeness (QED) is 0.841. The Hall–Kier alpha value is -2.01. The van der Waals surface area contributed by atoms with Gasteiger partial charge < -0.3 is 20.1 Å². The summed E-state index contributed by atoms with van der Waals surface area (Å²) in [4.78, 5) is 11.8. The van der Waals surface area contributed by atoms with Gasteiger partial charge in [-0.2, -0.15) is 0 Å². The fourth-order valence-electron chi connectivity index (χ4n) is 2.30. The van der Waals surface area contributed by atoms with E-state index in [9.17, 15) is 9.90 Å². The molecule has 108 valence electrons. The van der Waals surface area contributed by atoms with E-state index in [1.165, 1.54) is 0 Å². The lowest BCUT2D eigenvalue weighted by Gasteiger charge is -2.10. The van der Waals surface area contributed by atoms with Gasteiger partial charge in [0.15, 0.2) is 0 Å². The Labute approximate surface area is 117 Å². The van der Waals surface area contributed by atoms with Crippen LogP contribution in [-0.2, 0) is 9.53 Å². The summed E-state index contributed by atoms with van der Waals surface area (Å²) >= 11 is 0. The van der Waals surface area contributed by atoms with Crippen molar-refractivity contribution in [1.29, 1.82) is 0 Å². The highest BCUT2D eigenvalue weighted by Gasteiger charge is 2.22. The maximum atomic E-state index is 11.8. The van der Waals surface area contributed by atoms with Crippen LogP contribution in [0.3, 0.4) is 0 Å². The minimum Gasteiger partial charge on any atom is -0.508 e. The van der Waals surface area contributed by atoms with Crippen LogP contribution >= 0.6 is 0 Å². The summed E-state index contributed by atoms with van der Waals surface area (Å²) in [6, 6.07) is 4.46. The van der Waals surface area contributed by atoms with Crippen molar-refractivity contribution in [2.75, 3.05) is 6.61 Å². The molecule has 0 bridgehead atoms. The average Bonchev–Trinajstić information content (AvgIpc) is 2.76. The molecule has 0 fully saturated rings. The number of hydrogen-bond donors (Lipinski definition) is 2. The molecule has 0 spiro atoms. The number of aromatic nitrogens is 1. The maximum Gasteiger partial charge on any atom is 0.327 e. The zero-order chi connectivity index (χ0) is 14.9. The molecule has 1 aromatic carbocycles. The summed E-state index contributed by atoms with van der Waals surface area (Å²) in [7, 11) is 0. The fourth-order valence-corrected chi connectivity index (χ4v) is 2.30. The second kappa shape index (κ2) is 5.54. The molecule has 20 heavy (non-hydrogen) atoms. The molecule has 3 N–H and O–H groups in total. The lowest BCUT2D eigenvalue weighted by Crippen LogP contribution is -2.23. The van der Waals surface area contributed by atoms with Crippen LogP contribution in [-0.4, -0.2) is 22.2 Å². The van der Waals surface area contributed by atoms with Crippen LogP contribution < -0.4 is 5.73 Å². The van der Waals surface area contributed by atoms with Crippen LogP contribution in [0.15, 0.2) is 24.4 Å². The van der Waals surface area contributed by atoms with Gasteiger partial charge in [-0.3, -0.25) is 0 Å².